The van der Waals surface area contributed by atoms with Crippen LogP contribution in [0.1, 0.15) is 25.7 Å². The SMILES string of the molecule is O=C(Nc1ccc(S(=O)(=O)Nc2nccs2)cc1)[C@H]1C[C@H]2CC[C@H]1C2. The Balaban J connectivity index is 1.42. The second-order valence-electron chi connectivity index (χ2n) is 6.74. The van der Waals surface area contributed by atoms with Gasteiger partial charge in [-0.3, -0.25) is 9.52 Å². The van der Waals surface area contributed by atoms with E-state index >= 15 is 0 Å². The second-order valence-corrected chi connectivity index (χ2v) is 9.31. The lowest BCUT2D eigenvalue weighted by atomic mass is 9.88. The van der Waals surface area contributed by atoms with Gasteiger partial charge in [0.05, 0.1) is 4.90 Å². The van der Waals surface area contributed by atoms with E-state index in [2.05, 4.69) is 15.0 Å². The summed E-state index contributed by atoms with van der Waals surface area (Å²) in [5, 5.41) is 4.96. The van der Waals surface area contributed by atoms with Crippen LogP contribution in [0.2, 0.25) is 0 Å². The van der Waals surface area contributed by atoms with Gasteiger partial charge in [-0.2, -0.15) is 0 Å². The van der Waals surface area contributed by atoms with Crippen molar-refractivity contribution in [2.24, 2.45) is 17.8 Å². The van der Waals surface area contributed by atoms with Gasteiger partial charge in [0.15, 0.2) is 5.13 Å². The molecule has 25 heavy (non-hydrogen) atoms. The van der Waals surface area contributed by atoms with Crippen LogP contribution in [-0.4, -0.2) is 19.3 Å². The first-order valence-electron chi connectivity index (χ1n) is 8.34. The number of benzene rings is 1. The third kappa shape index (κ3) is 3.41. The van der Waals surface area contributed by atoms with Crippen molar-refractivity contribution in [2.45, 2.75) is 30.6 Å². The molecule has 0 spiro atoms. The Morgan fingerprint density at radius 1 is 1.16 bits per heavy atom. The van der Waals surface area contributed by atoms with E-state index in [4.69, 9.17) is 0 Å². The highest BCUT2D eigenvalue weighted by atomic mass is 32.2. The van der Waals surface area contributed by atoms with Crippen LogP contribution >= 0.6 is 11.3 Å². The number of amides is 1. The Labute approximate surface area is 150 Å². The lowest BCUT2D eigenvalue weighted by molar-refractivity contribution is -0.121. The highest BCUT2D eigenvalue weighted by molar-refractivity contribution is 7.93. The molecule has 2 aliphatic carbocycles. The molecule has 4 rings (SSSR count). The lowest BCUT2D eigenvalue weighted by Gasteiger charge is -2.20. The van der Waals surface area contributed by atoms with Crippen LogP contribution in [0.4, 0.5) is 10.8 Å². The number of fused-ring (bicyclic) bond motifs is 2. The van der Waals surface area contributed by atoms with Crippen LogP contribution in [0, 0.1) is 17.8 Å². The van der Waals surface area contributed by atoms with Crippen molar-refractivity contribution in [3.8, 4) is 0 Å². The predicted octanol–water partition coefficient (Wildman–Crippen LogP) is 3.32. The normalized spacial score (nSPS) is 25.0. The molecule has 2 aliphatic rings. The number of anilines is 2. The molecule has 2 aromatic rings. The van der Waals surface area contributed by atoms with Crippen LogP contribution in [0.3, 0.4) is 0 Å². The Morgan fingerprint density at radius 3 is 2.56 bits per heavy atom. The van der Waals surface area contributed by atoms with Crippen LogP contribution < -0.4 is 10.0 Å². The number of nitrogens with zero attached hydrogens (tertiary/aromatic N) is 1. The Morgan fingerprint density at radius 2 is 1.96 bits per heavy atom. The molecule has 0 radical (unpaired) electrons. The molecule has 0 aliphatic heterocycles. The molecule has 8 heteroatoms. The number of hydrogen-bond donors (Lipinski definition) is 2. The molecular weight excluding hydrogens is 358 g/mol. The number of sulfonamides is 1. The minimum Gasteiger partial charge on any atom is -0.326 e. The Kier molecular flexibility index (Phi) is 4.24. The van der Waals surface area contributed by atoms with E-state index < -0.39 is 10.0 Å². The van der Waals surface area contributed by atoms with Crippen molar-refractivity contribution in [2.75, 3.05) is 10.0 Å². The van der Waals surface area contributed by atoms with Crippen molar-refractivity contribution in [3.05, 3.63) is 35.8 Å². The summed E-state index contributed by atoms with van der Waals surface area (Å²) in [4.78, 5) is 16.5. The fraction of sp³-hybridized carbons (Fsp3) is 0.412. The fourth-order valence-corrected chi connectivity index (χ4v) is 5.75. The summed E-state index contributed by atoms with van der Waals surface area (Å²) in [6, 6.07) is 6.24. The minimum absolute atomic E-state index is 0.0590. The Bertz CT molecular complexity index is 863. The molecule has 1 aromatic heterocycles. The highest BCUT2D eigenvalue weighted by Crippen LogP contribution is 2.48. The zero-order valence-electron chi connectivity index (χ0n) is 13.5. The number of hydrogen-bond acceptors (Lipinski definition) is 5. The van der Waals surface area contributed by atoms with Gasteiger partial charge in [0.25, 0.3) is 10.0 Å². The maximum Gasteiger partial charge on any atom is 0.263 e. The summed E-state index contributed by atoms with van der Waals surface area (Å²) < 4.78 is 27.0. The summed E-state index contributed by atoms with van der Waals surface area (Å²) in [6.45, 7) is 0. The second kappa shape index (κ2) is 6.42. The first kappa shape index (κ1) is 16.5. The van der Waals surface area contributed by atoms with Gasteiger partial charge in [-0.25, -0.2) is 13.4 Å². The number of carbonyl (C=O) groups excluding carboxylic acids is 1. The first-order valence-corrected chi connectivity index (χ1v) is 10.7. The van der Waals surface area contributed by atoms with Crippen molar-refractivity contribution >= 4 is 38.1 Å². The summed E-state index contributed by atoms with van der Waals surface area (Å²) in [6.07, 6.45) is 6.12. The van der Waals surface area contributed by atoms with E-state index in [1.165, 1.54) is 42.5 Å². The average molecular weight is 377 g/mol. The van der Waals surface area contributed by atoms with E-state index in [1.54, 1.807) is 17.5 Å². The molecule has 0 unspecified atom stereocenters. The Hall–Kier alpha value is -1.93. The number of thiazole rings is 1. The third-order valence-electron chi connectivity index (χ3n) is 5.16. The lowest BCUT2D eigenvalue weighted by Crippen LogP contribution is -2.27. The van der Waals surface area contributed by atoms with E-state index in [0.29, 0.717) is 22.7 Å². The smallest absolute Gasteiger partial charge is 0.263 e. The highest BCUT2D eigenvalue weighted by Gasteiger charge is 2.43. The number of rotatable bonds is 5. The van der Waals surface area contributed by atoms with Gasteiger partial charge < -0.3 is 5.32 Å². The fourth-order valence-electron chi connectivity index (χ4n) is 3.97. The van der Waals surface area contributed by atoms with Crippen LogP contribution in [0.25, 0.3) is 0 Å². The molecule has 0 saturated heterocycles. The summed E-state index contributed by atoms with van der Waals surface area (Å²) in [7, 11) is -3.67. The van der Waals surface area contributed by atoms with Gasteiger partial charge in [-0.05, 0) is 55.4 Å². The van der Waals surface area contributed by atoms with Crippen molar-refractivity contribution in [1.29, 1.82) is 0 Å². The monoisotopic (exact) mass is 377 g/mol. The molecule has 1 heterocycles. The minimum atomic E-state index is -3.67. The van der Waals surface area contributed by atoms with Crippen molar-refractivity contribution in [3.63, 3.8) is 0 Å². The zero-order chi connectivity index (χ0) is 17.4. The maximum absolute atomic E-state index is 12.4. The van der Waals surface area contributed by atoms with Crippen molar-refractivity contribution in [1.82, 2.24) is 4.98 Å². The summed E-state index contributed by atoms with van der Waals surface area (Å²) in [5.74, 6) is 1.40. The summed E-state index contributed by atoms with van der Waals surface area (Å²) >= 11 is 1.22. The first-order chi connectivity index (χ1) is 12.0. The maximum atomic E-state index is 12.4. The van der Waals surface area contributed by atoms with Crippen LogP contribution in [0.15, 0.2) is 40.7 Å². The molecule has 6 nitrogen and oxygen atoms in total. The van der Waals surface area contributed by atoms with Gasteiger partial charge in [-0.1, -0.05) is 6.42 Å². The molecular formula is C17H19N3O3S2. The van der Waals surface area contributed by atoms with Crippen molar-refractivity contribution < 1.29 is 13.2 Å². The molecule has 2 N–H and O–H groups in total. The van der Waals surface area contributed by atoms with E-state index in [-0.39, 0.29) is 16.7 Å². The third-order valence-corrected chi connectivity index (χ3v) is 7.33. The molecule has 2 bridgehead atoms. The standard InChI is InChI=1S/C17H19N3O3S2/c21-16(15-10-11-1-2-12(15)9-11)19-13-3-5-14(6-4-13)25(22,23)20-17-18-7-8-24-17/h3-8,11-12,15H,1-2,9-10H2,(H,18,20)(H,19,21)/t11-,12-,15-/m0/s1. The van der Waals surface area contributed by atoms with E-state index in [0.717, 1.165) is 12.8 Å². The molecule has 3 atom stereocenters. The topological polar surface area (TPSA) is 88.2 Å². The average Bonchev–Trinajstić information content (AvgIpc) is 3.32. The molecule has 1 aromatic carbocycles. The largest absolute Gasteiger partial charge is 0.326 e. The molecule has 132 valence electrons. The molecule has 1 amide bonds. The van der Waals surface area contributed by atoms with Gasteiger partial charge in [-0.15, -0.1) is 11.3 Å². The molecule has 2 fully saturated rings. The van der Waals surface area contributed by atoms with Crippen LogP contribution in [-0.2, 0) is 14.8 Å². The quantitative estimate of drug-likeness (QED) is 0.837. The van der Waals surface area contributed by atoms with Crippen LogP contribution in [0.5, 0.6) is 0 Å². The van der Waals surface area contributed by atoms with Gasteiger partial charge in [0, 0.05) is 23.2 Å². The number of aromatic nitrogens is 1. The molecule has 2 saturated carbocycles. The zero-order valence-corrected chi connectivity index (χ0v) is 15.1. The van der Waals surface area contributed by atoms with Gasteiger partial charge in [0.2, 0.25) is 5.91 Å². The van der Waals surface area contributed by atoms with E-state index in [9.17, 15) is 13.2 Å². The van der Waals surface area contributed by atoms with Gasteiger partial charge in [0.1, 0.15) is 0 Å². The number of carbonyl (C=O) groups is 1. The number of nitrogens with one attached hydrogen (secondary N) is 2. The van der Waals surface area contributed by atoms with E-state index in [1.807, 2.05) is 0 Å². The summed E-state index contributed by atoms with van der Waals surface area (Å²) in [5.41, 5.74) is 0.626. The van der Waals surface area contributed by atoms with Gasteiger partial charge >= 0.3 is 0 Å². The predicted molar refractivity (Wildman–Crippen MR) is 96.9 cm³/mol.